The molecule has 0 aromatic carbocycles. The Balaban J connectivity index is -0.0000000650. The van der Waals surface area contributed by atoms with Crippen LogP contribution in [0.3, 0.4) is 0 Å². The Hall–Kier alpha value is -0.0800. The van der Waals surface area contributed by atoms with E-state index in [4.69, 9.17) is 5.11 Å². The second kappa shape index (κ2) is 48.5. The van der Waals surface area contributed by atoms with E-state index in [2.05, 4.69) is 5.73 Å². The molecule has 15 heavy (non-hydrogen) atoms. The first-order chi connectivity index (χ1) is 7.50. The highest BCUT2D eigenvalue weighted by molar-refractivity contribution is 4.51. The van der Waals surface area contributed by atoms with Gasteiger partial charge in [-0.15, -0.1) is 0 Å². The molecular weight excluding hydrogens is 186 g/mol. The van der Waals surface area contributed by atoms with Gasteiger partial charge in [-0.25, -0.2) is 0 Å². The molecule has 98 valence electrons. The predicted molar refractivity (Wildman–Crippen MR) is 73.3 cm³/mol. The molecule has 0 amide bonds. The number of rotatable bonds is 0. The summed E-state index contributed by atoms with van der Waals surface area (Å²) in [5, 5.41) is 7.00. The quantitative estimate of drug-likeness (QED) is 0.608. The Labute approximate surface area is 98.3 Å². The van der Waals surface area contributed by atoms with E-state index in [-0.39, 0.29) is 0 Å². The molecule has 0 aromatic rings. The van der Waals surface area contributed by atoms with Crippen molar-refractivity contribution in [2.24, 2.45) is 5.73 Å². The third kappa shape index (κ3) is 41.3. The van der Waals surface area contributed by atoms with Crippen molar-refractivity contribution in [1.29, 1.82) is 0 Å². The molecule has 0 atom stereocenters. The third-order valence-corrected chi connectivity index (χ3v) is 1.75. The van der Waals surface area contributed by atoms with Crippen LogP contribution in [0.4, 0.5) is 0 Å². The Bertz CT molecular complexity index is 30.1. The molecule has 0 heterocycles. The maximum Gasteiger partial charge on any atom is 0.0319 e. The maximum atomic E-state index is 7.00. The van der Waals surface area contributed by atoms with Gasteiger partial charge >= 0.3 is 0 Å². The van der Waals surface area contributed by atoms with Gasteiger partial charge in [-0.1, -0.05) is 72.6 Å². The van der Waals surface area contributed by atoms with Crippen molar-refractivity contribution in [3.63, 3.8) is 0 Å². The summed E-state index contributed by atoms with van der Waals surface area (Å²) < 4.78 is 0. The van der Waals surface area contributed by atoms with E-state index in [0.717, 1.165) is 7.11 Å². The highest BCUT2D eigenvalue weighted by Crippen LogP contribution is 2.15. The van der Waals surface area contributed by atoms with Crippen molar-refractivity contribution in [2.75, 3.05) is 14.2 Å². The second-order valence-corrected chi connectivity index (χ2v) is 2.47. The molecule has 1 saturated carbocycles. The number of hydrogen-bond donors (Lipinski definition) is 2. The molecule has 0 unspecified atom stereocenters. The van der Waals surface area contributed by atoms with Gasteiger partial charge in [0.05, 0.1) is 0 Å². The van der Waals surface area contributed by atoms with Crippen molar-refractivity contribution >= 4 is 0 Å². The van der Waals surface area contributed by atoms with Crippen LogP contribution in [0, 0.1) is 0 Å². The molecule has 3 N–H and O–H groups in total. The first-order valence-electron chi connectivity index (χ1n) is 6.52. The molecular formula is C13H35NO. The SMILES string of the molecule is C1CCCCCC1.CC.CC.CN.CO. The molecule has 0 bridgehead atoms. The fourth-order valence-electron chi connectivity index (χ4n) is 1.24. The highest BCUT2D eigenvalue weighted by Gasteiger charge is 1.95. The van der Waals surface area contributed by atoms with Crippen LogP contribution in [-0.2, 0) is 0 Å². The van der Waals surface area contributed by atoms with E-state index >= 15 is 0 Å². The third-order valence-electron chi connectivity index (χ3n) is 1.75. The van der Waals surface area contributed by atoms with Gasteiger partial charge in [-0.2, -0.15) is 0 Å². The fourth-order valence-corrected chi connectivity index (χ4v) is 1.24. The van der Waals surface area contributed by atoms with Crippen LogP contribution in [0.25, 0.3) is 0 Å². The monoisotopic (exact) mass is 221 g/mol. The lowest BCUT2D eigenvalue weighted by Crippen LogP contribution is -1.69. The van der Waals surface area contributed by atoms with Crippen molar-refractivity contribution in [1.82, 2.24) is 0 Å². The lowest BCUT2D eigenvalue weighted by Gasteiger charge is -1.85. The van der Waals surface area contributed by atoms with Gasteiger partial charge in [0.1, 0.15) is 0 Å². The molecule has 0 aliphatic heterocycles. The number of hydrogen-bond acceptors (Lipinski definition) is 2. The van der Waals surface area contributed by atoms with Gasteiger partial charge in [0.2, 0.25) is 0 Å². The average molecular weight is 221 g/mol. The summed E-state index contributed by atoms with van der Waals surface area (Å²) in [6, 6.07) is 0. The molecule has 1 rings (SSSR count). The topological polar surface area (TPSA) is 46.2 Å². The zero-order chi connectivity index (χ0) is 12.9. The van der Waals surface area contributed by atoms with Crippen molar-refractivity contribution in [3.05, 3.63) is 0 Å². The zero-order valence-electron chi connectivity index (χ0n) is 12.0. The summed E-state index contributed by atoms with van der Waals surface area (Å²) in [4.78, 5) is 0. The Kier molecular flexibility index (Phi) is 78.4. The molecule has 0 saturated heterocycles. The van der Waals surface area contributed by atoms with Gasteiger partial charge in [0.25, 0.3) is 0 Å². The van der Waals surface area contributed by atoms with Crippen LogP contribution in [0.1, 0.15) is 72.6 Å². The minimum atomic E-state index is 1.00. The predicted octanol–water partition coefficient (Wildman–Crippen LogP) is 3.97. The van der Waals surface area contributed by atoms with E-state index in [1.54, 1.807) is 0 Å². The lowest BCUT2D eigenvalue weighted by atomic mass is 10.2. The van der Waals surface area contributed by atoms with E-state index in [0.29, 0.717) is 0 Å². The van der Waals surface area contributed by atoms with E-state index in [9.17, 15) is 0 Å². The molecule has 1 aliphatic rings. The summed E-state index contributed by atoms with van der Waals surface area (Å²) >= 11 is 0. The Morgan fingerprint density at radius 3 is 0.667 bits per heavy atom. The van der Waals surface area contributed by atoms with E-state index in [1.165, 1.54) is 52.0 Å². The van der Waals surface area contributed by atoms with E-state index in [1.807, 2.05) is 27.7 Å². The molecule has 0 aromatic heterocycles. The van der Waals surface area contributed by atoms with Gasteiger partial charge in [0.15, 0.2) is 0 Å². The molecule has 2 nitrogen and oxygen atoms in total. The summed E-state index contributed by atoms with van der Waals surface area (Å²) in [5.41, 5.74) is 4.50. The normalized spacial score (nSPS) is 12.8. The second-order valence-electron chi connectivity index (χ2n) is 2.47. The molecule has 0 spiro atoms. The maximum absolute atomic E-state index is 7.00. The largest absolute Gasteiger partial charge is 0.400 e. The van der Waals surface area contributed by atoms with Crippen LogP contribution in [-0.4, -0.2) is 19.3 Å². The summed E-state index contributed by atoms with van der Waals surface area (Å²) in [6.45, 7) is 8.00. The summed E-state index contributed by atoms with van der Waals surface area (Å²) in [7, 11) is 2.50. The standard InChI is InChI=1S/C7H14.2C2H6.CH5N.CH4O/c1-2-4-6-7-5-3-1;4*1-2/h1-7H2;2*1-2H3;2H2,1H3;2H,1H3. The smallest absolute Gasteiger partial charge is 0.0319 e. The van der Waals surface area contributed by atoms with Gasteiger partial charge in [-0.3, -0.25) is 0 Å². The van der Waals surface area contributed by atoms with Gasteiger partial charge in [-0.05, 0) is 7.05 Å². The Morgan fingerprint density at radius 2 is 0.600 bits per heavy atom. The first-order valence-corrected chi connectivity index (χ1v) is 6.52. The van der Waals surface area contributed by atoms with Crippen LogP contribution in [0.15, 0.2) is 0 Å². The van der Waals surface area contributed by atoms with Crippen LogP contribution in [0.2, 0.25) is 0 Å². The average Bonchev–Trinajstić information content (AvgIpc) is 2.71. The summed E-state index contributed by atoms with van der Waals surface area (Å²) in [5.74, 6) is 0. The van der Waals surface area contributed by atoms with Crippen molar-refractivity contribution < 1.29 is 5.11 Å². The summed E-state index contributed by atoms with van der Waals surface area (Å²) in [6.07, 6.45) is 10.5. The molecule has 1 fully saturated rings. The van der Waals surface area contributed by atoms with Gasteiger partial charge < -0.3 is 10.8 Å². The number of aliphatic hydroxyl groups excluding tert-OH is 1. The zero-order valence-corrected chi connectivity index (χ0v) is 12.0. The highest BCUT2D eigenvalue weighted by atomic mass is 16.2. The first kappa shape index (κ1) is 24.2. The van der Waals surface area contributed by atoms with Crippen molar-refractivity contribution in [3.8, 4) is 0 Å². The minimum absolute atomic E-state index is 1.00. The number of nitrogens with two attached hydrogens (primary N) is 1. The van der Waals surface area contributed by atoms with Crippen LogP contribution < -0.4 is 5.73 Å². The lowest BCUT2D eigenvalue weighted by molar-refractivity contribution is 0.399. The number of aliphatic hydroxyl groups is 1. The van der Waals surface area contributed by atoms with Crippen molar-refractivity contribution in [2.45, 2.75) is 72.6 Å². The molecule has 2 heteroatoms. The fraction of sp³-hybridized carbons (Fsp3) is 1.00. The van der Waals surface area contributed by atoms with Gasteiger partial charge in [0, 0.05) is 7.11 Å². The van der Waals surface area contributed by atoms with E-state index < -0.39 is 0 Å². The Morgan fingerprint density at radius 1 is 0.533 bits per heavy atom. The minimum Gasteiger partial charge on any atom is -0.400 e. The molecule has 0 radical (unpaired) electrons. The van der Waals surface area contributed by atoms with Crippen LogP contribution >= 0.6 is 0 Å². The van der Waals surface area contributed by atoms with Crippen LogP contribution in [0.5, 0.6) is 0 Å². The molecule has 1 aliphatic carbocycles.